The van der Waals surface area contributed by atoms with Crippen LogP contribution in [-0.2, 0) is 11.2 Å². The van der Waals surface area contributed by atoms with Crippen LogP contribution in [0.2, 0.25) is 0 Å². The van der Waals surface area contributed by atoms with Crippen molar-refractivity contribution in [2.45, 2.75) is 22.2 Å². The minimum atomic E-state index is -6.62. The van der Waals surface area contributed by atoms with Crippen molar-refractivity contribution in [3.8, 4) is 17.2 Å². The van der Waals surface area contributed by atoms with Gasteiger partial charge < -0.3 is 4.55 Å². The van der Waals surface area contributed by atoms with E-state index in [-0.39, 0.29) is 25.6 Å². The number of rotatable bonds is 4. The Morgan fingerprint density at radius 3 is 2.18 bits per heavy atom. The van der Waals surface area contributed by atoms with Gasteiger partial charge in [-0.05, 0) is 49.6 Å². The number of benzene rings is 2. The molecule has 0 aliphatic carbocycles. The molecule has 2 rings (SSSR count). The van der Waals surface area contributed by atoms with Crippen molar-refractivity contribution in [3.63, 3.8) is 0 Å². The summed E-state index contributed by atoms with van der Waals surface area (Å²) in [5.74, 6) is -6.55. The van der Waals surface area contributed by atoms with Crippen LogP contribution in [0.4, 0.5) is 30.7 Å². The van der Waals surface area contributed by atoms with E-state index in [1.54, 1.807) is 6.07 Å². The van der Waals surface area contributed by atoms with Gasteiger partial charge in [-0.25, -0.2) is 0 Å². The fourth-order valence-corrected chi connectivity index (χ4v) is 4.96. The maximum Gasteiger partial charge on any atom is 0.486 e. The first-order valence-corrected chi connectivity index (χ1v) is 9.63. The third kappa shape index (κ3) is 4.03. The third-order valence-electron chi connectivity index (χ3n) is 3.39. The molecule has 0 amide bonds. The average molecular weight is 552 g/mol. The lowest BCUT2D eigenvalue weighted by Gasteiger charge is -2.29. The van der Waals surface area contributed by atoms with E-state index in [4.69, 9.17) is 5.26 Å². The highest BCUT2D eigenvalue weighted by atomic mass is 79.9. The smallest absolute Gasteiger partial charge is 0.486 e. The van der Waals surface area contributed by atoms with Gasteiger partial charge in [0, 0.05) is 21.1 Å². The molecule has 149 valence electrons. The predicted molar refractivity (Wildman–Crippen MR) is 93.2 cm³/mol. The summed E-state index contributed by atoms with van der Waals surface area (Å²) in [5.41, 5.74) is -0.322. The highest BCUT2D eigenvalue weighted by molar-refractivity contribution is 9.11. The molecule has 12 heteroatoms. The van der Waals surface area contributed by atoms with Crippen LogP contribution in [-0.4, -0.2) is 21.9 Å². The third-order valence-corrected chi connectivity index (χ3v) is 5.85. The zero-order chi connectivity index (χ0) is 21.5. The summed E-state index contributed by atoms with van der Waals surface area (Å²) in [6.45, 7) is 0. The summed E-state index contributed by atoms with van der Waals surface area (Å²) < 4.78 is 104. The molecule has 0 aromatic heterocycles. The van der Waals surface area contributed by atoms with Crippen LogP contribution in [0.1, 0.15) is 5.56 Å². The summed E-state index contributed by atoms with van der Waals surface area (Å²) in [6.07, 6.45) is -6.62. The minimum Gasteiger partial charge on any atom is -0.606 e. The quantitative estimate of drug-likeness (QED) is 0.324. The van der Waals surface area contributed by atoms with Gasteiger partial charge in [0.15, 0.2) is 4.90 Å². The molecule has 0 bridgehead atoms. The lowest BCUT2D eigenvalue weighted by atomic mass is 10.0. The van der Waals surface area contributed by atoms with Crippen molar-refractivity contribution >= 4 is 43.0 Å². The maximum atomic E-state index is 14.0. The molecule has 0 aliphatic heterocycles. The molecule has 28 heavy (non-hydrogen) atoms. The van der Waals surface area contributed by atoms with Gasteiger partial charge in [-0.15, -0.1) is 8.78 Å². The van der Waals surface area contributed by atoms with Crippen LogP contribution in [0.3, 0.4) is 0 Å². The van der Waals surface area contributed by atoms with Crippen molar-refractivity contribution in [2.75, 3.05) is 0 Å². The molecular formula is C16H5Br2F7NOS. The SMILES string of the molecule is N#Cc1cccc(-c2c(Br)[c]c(Br)cc2[S+]([O-])C(F)(F)C(F)(F)C(F)(F)F)c1. The standard InChI is InChI=1S/C16H5Br2F7NOS/c17-10-5-11(18)13(9-3-1-2-8(4-9)7-26)12(6-10)28(27)16(24,25)14(19,20)15(21,22)23/h1-4,6H. The van der Waals surface area contributed by atoms with Gasteiger partial charge in [0.2, 0.25) is 0 Å². The van der Waals surface area contributed by atoms with E-state index < -0.39 is 33.4 Å². The normalized spacial score (nSPS) is 13.9. The Bertz CT molecular complexity index is 944. The molecule has 0 aliphatic rings. The number of nitrogens with zero attached hydrogens (tertiary/aromatic N) is 1. The summed E-state index contributed by atoms with van der Waals surface area (Å²) >= 11 is 1.68. The highest BCUT2D eigenvalue weighted by Gasteiger charge is 2.80. The number of halogens is 9. The largest absolute Gasteiger partial charge is 0.606 e. The summed E-state index contributed by atoms with van der Waals surface area (Å²) in [4.78, 5) is -0.999. The molecule has 0 N–H and O–H groups in total. The first-order valence-electron chi connectivity index (χ1n) is 6.90. The van der Waals surface area contributed by atoms with Gasteiger partial charge in [0.1, 0.15) is 0 Å². The van der Waals surface area contributed by atoms with E-state index >= 15 is 0 Å². The number of nitriles is 1. The van der Waals surface area contributed by atoms with Crippen LogP contribution in [0.15, 0.2) is 44.2 Å². The Kier molecular flexibility index (Phi) is 6.45. The van der Waals surface area contributed by atoms with Crippen LogP contribution in [0.5, 0.6) is 0 Å². The first kappa shape index (κ1) is 23.0. The molecule has 0 spiro atoms. The lowest BCUT2D eigenvalue weighted by Crippen LogP contribution is -2.56. The maximum absolute atomic E-state index is 14.0. The summed E-state index contributed by atoms with van der Waals surface area (Å²) in [7, 11) is 0. The second-order valence-corrected chi connectivity index (χ2v) is 8.36. The highest BCUT2D eigenvalue weighted by Crippen LogP contribution is 2.52. The molecule has 0 heterocycles. The molecule has 0 fully saturated rings. The van der Waals surface area contributed by atoms with E-state index in [1.807, 2.05) is 0 Å². The Balaban J connectivity index is 2.73. The molecule has 1 atom stereocenters. The van der Waals surface area contributed by atoms with Crippen LogP contribution in [0, 0.1) is 17.4 Å². The van der Waals surface area contributed by atoms with E-state index in [0.717, 1.165) is 0 Å². The van der Waals surface area contributed by atoms with Crippen molar-refractivity contribution in [1.82, 2.24) is 0 Å². The molecule has 2 nitrogen and oxygen atoms in total. The minimum absolute atomic E-state index is 0.0100. The van der Waals surface area contributed by atoms with Crippen LogP contribution in [0.25, 0.3) is 11.1 Å². The Morgan fingerprint density at radius 2 is 1.64 bits per heavy atom. The molecule has 2 aromatic carbocycles. The Hall–Kier alpha value is -1.29. The van der Waals surface area contributed by atoms with Gasteiger partial charge in [-0.2, -0.15) is 27.2 Å². The molecule has 1 radical (unpaired) electrons. The molecular weight excluding hydrogens is 547 g/mol. The lowest BCUT2D eigenvalue weighted by molar-refractivity contribution is -0.332. The molecule has 2 aromatic rings. The van der Waals surface area contributed by atoms with Gasteiger partial charge in [0.25, 0.3) is 0 Å². The van der Waals surface area contributed by atoms with Crippen molar-refractivity contribution in [3.05, 3.63) is 50.9 Å². The molecule has 0 saturated heterocycles. The van der Waals surface area contributed by atoms with Gasteiger partial charge in [-0.1, -0.05) is 12.1 Å². The Morgan fingerprint density at radius 1 is 1.04 bits per heavy atom. The van der Waals surface area contributed by atoms with E-state index in [2.05, 4.69) is 37.9 Å². The fourth-order valence-electron chi connectivity index (χ4n) is 2.08. The van der Waals surface area contributed by atoms with E-state index in [0.29, 0.717) is 6.07 Å². The number of alkyl halides is 7. The Labute approximate surface area is 173 Å². The van der Waals surface area contributed by atoms with Crippen molar-refractivity contribution < 1.29 is 35.3 Å². The molecule has 1 unspecified atom stereocenters. The molecule has 0 saturated carbocycles. The van der Waals surface area contributed by atoms with Crippen molar-refractivity contribution in [2.24, 2.45) is 0 Å². The van der Waals surface area contributed by atoms with Gasteiger partial charge in [0.05, 0.1) is 28.4 Å². The zero-order valence-corrected chi connectivity index (χ0v) is 17.0. The van der Waals surface area contributed by atoms with E-state index in [1.165, 1.54) is 24.3 Å². The fraction of sp³-hybridized carbons (Fsp3) is 0.188. The topological polar surface area (TPSA) is 46.8 Å². The van der Waals surface area contributed by atoms with Crippen molar-refractivity contribution in [1.29, 1.82) is 5.26 Å². The zero-order valence-electron chi connectivity index (χ0n) is 13.1. The average Bonchev–Trinajstić information content (AvgIpc) is 2.59. The first-order chi connectivity index (χ1) is 12.7. The predicted octanol–water partition coefficient (Wildman–Crippen LogP) is 6.45. The van der Waals surface area contributed by atoms with Crippen LogP contribution >= 0.6 is 31.9 Å². The summed E-state index contributed by atoms with van der Waals surface area (Å²) in [5, 5.41) is 2.98. The van der Waals surface area contributed by atoms with Crippen LogP contribution < -0.4 is 0 Å². The number of hydrogen-bond donors (Lipinski definition) is 0. The second kappa shape index (κ2) is 7.85. The number of hydrogen-bond acceptors (Lipinski definition) is 2. The van der Waals surface area contributed by atoms with Gasteiger partial charge in [-0.3, -0.25) is 0 Å². The monoisotopic (exact) mass is 550 g/mol. The van der Waals surface area contributed by atoms with Gasteiger partial charge >= 0.3 is 17.4 Å². The summed E-state index contributed by atoms with van der Waals surface area (Å²) in [6, 6.07) is 10.2. The van der Waals surface area contributed by atoms with E-state index in [9.17, 15) is 35.3 Å². The second-order valence-electron chi connectivity index (χ2n) is 5.22.